The third-order valence-corrected chi connectivity index (χ3v) is 13.5. The summed E-state index contributed by atoms with van der Waals surface area (Å²) in [5.74, 6) is 0. The van der Waals surface area contributed by atoms with Crippen LogP contribution in [0.4, 0.5) is 0 Å². The van der Waals surface area contributed by atoms with Crippen LogP contribution < -0.4 is 24.8 Å². The smallest absolute Gasteiger partial charge is 1.00 e. The summed E-state index contributed by atoms with van der Waals surface area (Å²) in [6.45, 7) is 13.2. The Balaban J connectivity index is 0.000000174. The average molecular weight is 1070 g/mol. The summed E-state index contributed by atoms with van der Waals surface area (Å²) in [4.78, 5) is 0. The van der Waals surface area contributed by atoms with Gasteiger partial charge in [-0.05, 0) is 108 Å². The molecule has 0 fully saturated rings. The number of fused-ring (bicyclic) bond motifs is 8. The SMILES string of the molecule is Cc1cc(C)c(-c2ccc3c(c2)[cH-]c2cc(-c4c(C)cc(C)cc4C)ccc23)c(C)c1.[Cl-].[Cl-].[Hf+4].c1ccc2c(-c3ccc4c(c3)[cH-]c3cc(-c5cccc6ccccc56)ccc34)cccc2c1. The van der Waals surface area contributed by atoms with Crippen LogP contribution in [0.1, 0.15) is 33.4 Å². The number of benzene rings is 10. The molecule has 0 radical (unpaired) electrons. The van der Waals surface area contributed by atoms with Crippen molar-refractivity contribution >= 4 is 64.6 Å². The molecule has 0 aliphatic rings. The molecule has 0 spiro atoms. The first-order valence-corrected chi connectivity index (χ1v) is 22.6. The van der Waals surface area contributed by atoms with Crippen LogP contribution in [-0.4, -0.2) is 0 Å². The van der Waals surface area contributed by atoms with Crippen molar-refractivity contribution in [1.82, 2.24) is 0 Å². The Bertz CT molecular complexity index is 3500. The Morgan fingerprint density at radius 3 is 0.940 bits per heavy atom. The van der Waals surface area contributed by atoms with E-state index in [1.54, 1.807) is 0 Å². The summed E-state index contributed by atoms with van der Waals surface area (Å²) in [6, 6.07) is 71.9. The first-order valence-electron chi connectivity index (χ1n) is 22.6. The van der Waals surface area contributed by atoms with Crippen molar-refractivity contribution in [2.45, 2.75) is 41.5 Å². The van der Waals surface area contributed by atoms with Crippen molar-refractivity contribution in [1.29, 1.82) is 0 Å². The van der Waals surface area contributed by atoms with Crippen molar-refractivity contribution < 1.29 is 50.7 Å². The van der Waals surface area contributed by atoms with Crippen molar-refractivity contribution in [3.05, 3.63) is 228 Å². The van der Waals surface area contributed by atoms with E-state index in [0.29, 0.717) is 0 Å². The second-order valence-electron chi connectivity index (χ2n) is 18.1. The average Bonchev–Trinajstić information content (AvgIpc) is 3.85. The molecule has 67 heavy (non-hydrogen) atoms. The van der Waals surface area contributed by atoms with Gasteiger partial charge in [-0.2, -0.15) is 0 Å². The molecule has 0 saturated carbocycles. The maximum absolute atomic E-state index is 2.36. The fraction of sp³-hybridized carbons (Fsp3) is 0.0938. The zero-order chi connectivity index (χ0) is 43.6. The molecule has 0 N–H and O–H groups in total. The first-order chi connectivity index (χ1) is 31.2. The molecule has 0 unspecified atom stereocenters. The Hall–Kier alpha value is -6.09. The molecule has 12 rings (SSSR count). The van der Waals surface area contributed by atoms with Crippen LogP contribution in [0, 0.1) is 41.5 Å². The summed E-state index contributed by atoms with van der Waals surface area (Å²) in [7, 11) is 0. The second-order valence-corrected chi connectivity index (χ2v) is 18.1. The van der Waals surface area contributed by atoms with E-state index in [1.807, 2.05) is 0 Å². The molecular weight excluding hydrogens is 1020 g/mol. The molecule has 0 nitrogen and oxygen atoms in total. The maximum Gasteiger partial charge on any atom is 4.00 e. The van der Waals surface area contributed by atoms with Crippen LogP contribution in [0.25, 0.3) is 109 Å². The Morgan fingerprint density at radius 2 is 0.582 bits per heavy atom. The molecule has 324 valence electrons. The Morgan fingerprint density at radius 1 is 0.284 bits per heavy atom. The molecule has 0 saturated heterocycles. The van der Waals surface area contributed by atoms with Gasteiger partial charge < -0.3 is 24.8 Å². The van der Waals surface area contributed by atoms with Gasteiger partial charge in [-0.25, -0.2) is 0 Å². The predicted molar refractivity (Wildman–Crippen MR) is 279 cm³/mol. The topological polar surface area (TPSA) is 0 Å². The van der Waals surface area contributed by atoms with E-state index < -0.39 is 0 Å². The van der Waals surface area contributed by atoms with E-state index in [2.05, 4.69) is 236 Å². The van der Waals surface area contributed by atoms with Crippen molar-refractivity contribution in [3.63, 3.8) is 0 Å². The molecule has 3 heteroatoms. The molecule has 0 aromatic heterocycles. The first kappa shape index (κ1) is 47.4. The van der Waals surface area contributed by atoms with Gasteiger partial charge in [0.1, 0.15) is 0 Å². The van der Waals surface area contributed by atoms with E-state index in [4.69, 9.17) is 0 Å². The molecule has 0 amide bonds. The van der Waals surface area contributed by atoms with Gasteiger partial charge in [0.2, 0.25) is 0 Å². The van der Waals surface area contributed by atoms with Crippen LogP contribution in [0.5, 0.6) is 0 Å². The number of halogens is 2. The fourth-order valence-corrected chi connectivity index (χ4v) is 10.9. The van der Waals surface area contributed by atoms with Gasteiger partial charge in [-0.3, -0.25) is 0 Å². The number of rotatable bonds is 4. The van der Waals surface area contributed by atoms with Gasteiger partial charge in [-0.1, -0.05) is 191 Å². The minimum Gasteiger partial charge on any atom is -1.00 e. The molecular formula is C64H50Cl2Hf. The summed E-state index contributed by atoms with van der Waals surface area (Å²) in [5, 5.41) is 15.7. The molecule has 0 bridgehead atoms. The van der Waals surface area contributed by atoms with Gasteiger partial charge in [0, 0.05) is 0 Å². The van der Waals surface area contributed by atoms with E-state index >= 15 is 0 Å². The molecule has 0 atom stereocenters. The third kappa shape index (κ3) is 8.71. The minimum absolute atomic E-state index is 0. The van der Waals surface area contributed by atoms with E-state index in [1.165, 1.54) is 143 Å². The predicted octanol–water partition coefficient (Wildman–Crippen LogP) is 12.3. The molecule has 12 aromatic carbocycles. The van der Waals surface area contributed by atoms with E-state index in [9.17, 15) is 0 Å². The number of aryl methyl sites for hydroxylation is 6. The maximum atomic E-state index is 2.36. The van der Waals surface area contributed by atoms with Gasteiger partial charge in [0.05, 0.1) is 0 Å². The molecule has 12 aromatic rings. The van der Waals surface area contributed by atoms with Gasteiger partial charge in [0.25, 0.3) is 0 Å². The zero-order valence-corrected chi connectivity index (χ0v) is 43.8. The molecule has 0 aliphatic heterocycles. The van der Waals surface area contributed by atoms with Crippen LogP contribution in [0.2, 0.25) is 0 Å². The Labute approximate surface area is 425 Å². The molecule has 0 aliphatic carbocycles. The number of hydrogen-bond donors (Lipinski definition) is 0. The molecule has 0 heterocycles. The van der Waals surface area contributed by atoms with Crippen LogP contribution in [0.15, 0.2) is 194 Å². The van der Waals surface area contributed by atoms with Gasteiger partial charge in [0.15, 0.2) is 0 Å². The monoisotopic (exact) mass is 1070 g/mol. The summed E-state index contributed by atoms with van der Waals surface area (Å²) >= 11 is 0. The summed E-state index contributed by atoms with van der Waals surface area (Å²) in [5.41, 5.74) is 18.5. The Kier molecular flexibility index (Phi) is 13.6. The number of hydrogen-bond acceptors (Lipinski definition) is 0. The van der Waals surface area contributed by atoms with Gasteiger partial charge in [-0.15, -0.1) is 79.5 Å². The summed E-state index contributed by atoms with van der Waals surface area (Å²) < 4.78 is 0. The summed E-state index contributed by atoms with van der Waals surface area (Å²) in [6.07, 6.45) is 0. The van der Waals surface area contributed by atoms with Gasteiger partial charge >= 0.3 is 25.8 Å². The van der Waals surface area contributed by atoms with Crippen molar-refractivity contribution in [3.8, 4) is 44.5 Å². The largest absolute Gasteiger partial charge is 4.00 e. The van der Waals surface area contributed by atoms with Crippen molar-refractivity contribution in [2.24, 2.45) is 0 Å². The van der Waals surface area contributed by atoms with Crippen LogP contribution in [0.3, 0.4) is 0 Å². The minimum atomic E-state index is 0. The van der Waals surface area contributed by atoms with Crippen LogP contribution >= 0.6 is 0 Å². The van der Waals surface area contributed by atoms with E-state index in [-0.39, 0.29) is 50.7 Å². The third-order valence-electron chi connectivity index (χ3n) is 13.5. The van der Waals surface area contributed by atoms with Crippen molar-refractivity contribution in [2.75, 3.05) is 0 Å². The van der Waals surface area contributed by atoms with Crippen LogP contribution in [-0.2, 0) is 25.8 Å². The standard InChI is InChI=1S/C33H21.C31H29.2ClH.Hf/c1-3-11-28-22(7-1)9-5-13-30(28)24-15-17-32-26(19-24)21-27-20-25(16-18-33(27)32)31-14-6-10-23-8-2-4-12-29(23)31;1-18-11-20(3)30(21(4)12-18)24-7-9-28-26(15-24)17-27-16-25(8-10-29(27)28)31-22(5)13-19(2)14-23(31)6;;;/h1-21H;7-17H,1-6H3;2*1H;/q2*-1;;;+4/p-2. The normalized spacial score (nSPS) is 11.1. The fourth-order valence-electron chi connectivity index (χ4n) is 10.9. The zero-order valence-electron chi connectivity index (χ0n) is 38.7. The quantitative estimate of drug-likeness (QED) is 0.122. The second kappa shape index (κ2) is 19.3. The van der Waals surface area contributed by atoms with E-state index in [0.717, 1.165) is 0 Å².